The predicted octanol–water partition coefficient (Wildman–Crippen LogP) is 2.25. The highest BCUT2D eigenvalue weighted by Gasteiger charge is 2.41. The van der Waals surface area contributed by atoms with Crippen molar-refractivity contribution in [3.8, 4) is 0 Å². The molecule has 17 heavy (non-hydrogen) atoms. The SMILES string of the molecule is C(CN1CC2CCC1C2)NC(C1CC1)C1CC1. The van der Waals surface area contributed by atoms with Gasteiger partial charge in [0, 0.05) is 31.7 Å². The molecular weight excluding hydrogens is 208 g/mol. The van der Waals surface area contributed by atoms with E-state index in [1.165, 1.54) is 64.6 Å². The Morgan fingerprint density at radius 1 is 1.00 bits per heavy atom. The summed E-state index contributed by atoms with van der Waals surface area (Å²) < 4.78 is 0. The molecule has 1 aliphatic heterocycles. The van der Waals surface area contributed by atoms with E-state index in [-0.39, 0.29) is 0 Å². The van der Waals surface area contributed by atoms with Crippen molar-refractivity contribution >= 4 is 0 Å². The Bertz CT molecular complexity index is 271. The number of fused-ring (bicyclic) bond motifs is 2. The molecule has 4 aliphatic rings. The maximum Gasteiger partial charge on any atom is 0.0124 e. The summed E-state index contributed by atoms with van der Waals surface area (Å²) in [6, 6.07) is 1.86. The minimum Gasteiger partial charge on any atom is -0.312 e. The second-order valence-corrected chi connectivity index (χ2v) is 6.98. The first-order valence-corrected chi connectivity index (χ1v) is 7.87. The Labute approximate surface area is 105 Å². The van der Waals surface area contributed by atoms with E-state index >= 15 is 0 Å². The molecule has 2 bridgehead atoms. The van der Waals surface area contributed by atoms with Crippen molar-refractivity contribution in [1.29, 1.82) is 0 Å². The van der Waals surface area contributed by atoms with Crippen molar-refractivity contribution in [3.63, 3.8) is 0 Å². The van der Waals surface area contributed by atoms with Gasteiger partial charge in [0.1, 0.15) is 0 Å². The number of nitrogens with one attached hydrogen (secondary N) is 1. The molecule has 0 aromatic carbocycles. The van der Waals surface area contributed by atoms with E-state index < -0.39 is 0 Å². The first-order valence-electron chi connectivity index (χ1n) is 7.87. The zero-order valence-corrected chi connectivity index (χ0v) is 10.9. The molecule has 2 unspecified atom stereocenters. The van der Waals surface area contributed by atoms with Gasteiger partial charge in [-0.2, -0.15) is 0 Å². The first kappa shape index (κ1) is 10.8. The van der Waals surface area contributed by atoms with Crippen LogP contribution in [0.1, 0.15) is 44.9 Å². The minimum absolute atomic E-state index is 0.898. The van der Waals surface area contributed by atoms with E-state index in [0.29, 0.717) is 0 Å². The van der Waals surface area contributed by atoms with Crippen LogP contribution in [0.3, 0.4) is 0 Å². The van der Waals surface area contributed by atoms with Crippen LogP contribution in [0.25, 0.3) is 0 Å². The number of piperidine rings is 1. The molecule has 3 aliphatic carbocycles. The average Bonchev–Trinajstić information content (AvgIpc) is 3.26. The summed E-state index contributed by atoms with van der Waals surface area (Å²) in [7, 11) is 0. The fraction of sp³-hybridized carbons (Fsp3) is 1.00. The van der Waals surface area contributed by atoms with Crippen molar-refractivity contribution in [3.05, 3.63) is 0 Å². The molecule has 4 fully saturated rings. The average molecular weight is 234 g/mol. The molecule has 0 spiro atoms. The van der Waals surface area contributed by atoms with Crippen LogP contribution in [0.2, 0.25) is 0 Å². The third-order valence-electron chi connectivity index (χ3n) is 5.56. The van der Waals surface area contributed by atoms with Gasteiger partial charge in [-0.25, -0.2) is 0 Å². The van der Waals surface area contributed by atoms with Crippen molar-refractivity contribution in [2.75, 3.05) is 19.6 Å². The van der Waals surface area contributed by atoms with Crippen LogP contribution in [0.15, 0.2) is 0 Å². The van der Waals surface area contributed by atoms with Crippen molar-refractivity contribution in [2.24, 2.45) is 17.8 Å². The van der Waals surface area contributed by atoms with Gasteiger partial charge in [-0.1, -0.05) is 0 Å². The van der Waals surface area contributed by atoms with Gasteiger partial charge in [-0.05, 0) is 62.7 Å². The second kappa shape index (κ2) is 4.24. The number of hydrogen-bond acceptors (Lipinski definition) is 2. The molecule has 1 N–H and O–H groups in total. The number of hydrogen-bond donors (Lipinski definition) is 1. The Kier molecular flexibility index (Phi) is 2.69. The fourth-order valence-corrected chi connectivity index (χ4v) is 4.30. The van der Waals surface area contributed by atoms with E-state index in [2.05, 4.69) is 10.2 Å². The second-order valence-electron chi connectivity index (χ2n) is 6.98. The van der Waals surface area contributed by atoms with Gasteiger partial charge >= 0.3 is 0 Å². The van der Waals surface area contributed by atoms with Gasteiger partial charge in [-0.3, -0.25) is 4.90 Å². The molecule has 3 saturated carbocycles. The Balaban J connectivity index is 1.22. The van der Waals surface area contributed by atoms with Gasteiger partial charge in [-0.15, -0.1) is 0 Å². The number of nitrogens with zero attached hydrogens (tertiary/aromatic N) is 1. The van der Waals surface area contributed by atoms with Crippen LogP contribution in [-0.4, -0.2) is 36.6 Å². The zero-order chi connectivity index (χ0) is 11.2. The van der Waals surface area contributed by atoms with Gasteiger partial charge in [0.2, 0.25) is 0 Å². The molecule has 1 heterocycles. The van der Waals surface area contributed by atoms with E-state index in [0.717, 1.165) is 29.8 Å². The molecule has 2 heteroatoms. The molecule has 0 radical (unpaired) electrons. The molecule has 1 saturated heterocycles. The molecule has 2 atom stereocenters. The predicted molar refractivity (Wildman–Crippen MR) is 69.9 cm³/mol. The largest absolute Gasteiger partial charge is 0.312 e. The topological polar surface area (TPSA) is 15.3 Å². The van der Waals surface area contributed by atoms with Gasteiger partial charge < -0.3 is 5.32 Å². The van der Waals surface area contributed by atoms with Crippen LogP contribution in [0, 0.1) is 17.8 Å². The summed E-state index contributed by atoms with van der Waals surface area (Å²) >= 11 is 0. The van der Waals surface area contributed by atoms with Crippen LogP contribution in [0.4, 0.5) is 0 Å². The summed E-state index contributed by atoms with van der Waals surface area (Å²) in [5.74, 6) is 3.16. The summed E-state index contributed by atoms with van der Waals surface area (Å²) in [6.45, 7) is 3.97. The first-order chi connectivity index (χ1) is 8.40. The van der Waals surface area contributed by atoms with Crippen molar-refractivity contribution < 1.29 is 0 Å². The number of likely N-dealkylation sites (tertiary alicyclic amines) is 1. The lowest BCUT2D eigenvalue weighted by atomic mass is 10.1. The Hall–Kier alpha value is -0.0800. The highest BCUT2D eigenvalue weighted by Crippen LogP contribution is 2.44. The summed E-state index contributed by atoms with van der Waals surface area (Å²) in [4.78, 5) is 2.76. The Morgan fingerprint density at radius 3 is 2.29 bits per heavy atom. The van der Waals surface area contributed by atoms with Gasteiger partial charge in [0.15, 0.2) is 0 Å². The van der Waals surface area contributed by atoms with Crippen LogP contribution < -0.4 is 5.32 Å². The van der Waals surface area contributed by atoms with E-state index in [1.54, 1.807) is 0 Å². The monoisotopic (exact) mass is 234 g/mol. The van der Waals surface area contributed by atoms with Gasteiger partial charge in [0.25, 0.3) is 0 Å². The molecule has 4 rings (SSSR count). The smallest absolute Gasteiger partial charge is 0.0124 e. The van der Waals surface area contributed by atoms with E-state index in [4.69, 9.17) is 0 Å². The van der Waals surface area contributed by atoms with E-state index in [1.807, 2.05) is 0 Å². The van der Waals surface area contributed by atoms with Gasteiger partial charge in [0.05, 0.1) is 0 Å². The van der Waals surface area contributed by atoms with Crippen LogP contribution >= 0.6 is 0 Å². The van der Waals surface area contributed by atoms with Crippen LogP contribution in [-0.2, 0) is 0 Å². The number of rotatable bonds is 6. The van der Waals surface area contributed by atoms with Crippen molar-refractivity contribution in [2.45, 2.75) is 57.0 Å². The normalized spacial score (nSPS) is 37.2. The quantitative estimate of drug-likeness (QED) is 0.758. The maximum atomic E-state index is 3.89. The van der Waals surface area contributed by atoms with Crippen molar-refractivity contribution in [1.82, 2.24) is 10.2 Å². The highest BCUT2D eigenvalue weighted by atomic mass is 15.2. The summed E-state index contributed by atoms with van der Waals surface area (Å²) in [5, 5.41) is 3.89. The lowest BCUT2D eigenvalue weighted by molar-refractivity contribution is 0.209. The van der Waals surface area contributed by atoms with Crippen LogP contribution in [0.5, 0.6) is 0 Å². The molecule has 96 valence electrons. The summed E-state index contributed by atoms with van der Waals surface area (Å²) in [6.07, 6.45) is 10.5. The molecule has 2 nitrogen and oxygen atoms in total. The summed E-state index contributed by atoms with van der Waals surface area (Å²) in [5.41, 5.74) is 0. The molecule has 0 aromatic rings. The maximum absolute atomic E-state index is 3.89. The fourth-order valence-electron chi connectivity index (χ4n) is 4.30. The third kappa shape index (κ3) is 2.26. The Morgan fingerprint density at radius 2 is 1.76 bits per heavy atom. The molecular formula is C15H26N2. The standard InChI is InChI=1S/C15H26N2/c1-6-14-9-11(1)10-17(14)8-7-16-15(12-2-3-12)13-4-5-13/h11-16H,1-10H2. The zero-order valence-electron chi connectivity index (χ0n) is 10.9. The highest BCUT2D eigenvalue weighted by molar-refractivity contribution is 4.97. The lowest BCUT2D eigenvalue weighted by Gasteiger charge is -2.28. The lowest BCUT2D eigenvalue weighted by Crippen LogP contribution is -2.41. The minimum atomic E-state index is 0.898. The van der Waals surface area contributed by atoms with E-state index in [9.17, 15) is 0 Å². The molecule has 0 aromatic heterocycles. The molecule has 0 amide bonds. The third-order valence-corrected chi connectivity index (χ3v) is 5.56.